The molecule has 4 atom stereocenters. The molecule has 43 heavy (non-hydrogen) atoms. The number of benzene rings is 3. The number of unbranched alkanes of at least 4 members (excludes halogenated alkanes) is 1. The molecule has 226 valence electrons. The first-order valence-corrected chi connectivity index (χ1v) is 14.6. The Morgan fingerprint density at radius 1 is 0.953 bits per heavy atom. The summed E-state index contributed by atoms with van der Waals surface area (Å²) in [6.45, 7) is 4.40. The predicted octanol–water partition coefficient (Wildman–Crippen LogP) is 4.69. The van der Waals surface area contributed by atoms with Crippen LogP contribution < -0.4 is 20.7 Å². The van der Waals surface area contributed by atoms with Gasteiger partial charge in [0.2, 0.25) is 0 Å². The number of ether oxygens (including phenoxy) is 4. The lowest BCUT2D eigenvalue weighted by atomic mass is 9.80. The van der Waals surface area contributed by atoms with Gasteiger partial charge in [-0.3, -0.25) is 14.3 Å². The highest BCUT2D eigenvalue weighted by atomic mass is 16.6. The molecule has 1 aliphatic rings. The first kappa shape index (κ1) is 30.3. The molecule has 1 aliphatic heterocycles. The monoisotopic (exact) mass is 586 g/mol. The van der Waals surface area contributed by atoms with Crippen LogP contribution in [0.1, 0.15) is 54.7 Å². The minimum Gasteiger partial charge on any atom is -0.497 e. The summed E-state index contributed by atoms with van der Waals surface area (Å²) in [5.41, 5.74) is 0.862. The van der Waals surface area contributed by atoms with Gasteiger partial charge in [0.05, 0.1) is 26.4 Å². The molecule has 9 heteroatoms. The van der Waals surface area contributed by atoms with Crippen LogP contribution in [0.4, 0.5) is 0 Å². The molecule has 9 nitrogen and oxygen atoms in total. The second-order valence-electron chi connectivity index (χ2n) is 10.7. The van der Waals surface area contributed by atoms with Gasteiger partial charge in [0.25, 0.3) is 5.56 Å². The fourth-order valence-corrected chi connectivity index (χ4v) is 5.41. The van der Waals surface area contributed by atoms with Crippen LogP contribution >= 0.6 is 0 Å². The van der Waals surface area contributed by atoms with Gasteiger partial charge in [0.1, 0.15) is 29.4 Å². The van der Waals surface area contributed by atoms with Gasteiger partial charge in [-0.25, -0.2) is 4.79 Å². The van der Waals surface area contributed by atoms with Crippen LogP contribution in [0.5, 0.6) is 11.5 Å². The summed E-state index contributed by atoms with van der Waals surface area (Å²) in [4.78, 5) is 26.7. The van der Waals surface area contributed by atoms with Gasteiger partial charge in [0.15, 0.2) is 0 Å². The molecule has 5 rings (SSSR count). The maximum absolute atomic E-state index is 12.5. The zero-order valence-corrected chi connectivity index (χ0v) is 24.7. The van der Waals surface area contributed by atoms with E-state index < -0.39 is 35.3 Å². The van der Waals surface area contributed by atoms with Crippen molar-refractivity contribution in [2.45, 2.75) is 57.1 Å². The van der Waals surface area contributed by atoms with Crippen molar-refractivity contribution in [3.8, 4) is 11.5 Å². The van der Waals surface area contributed by atoms with Crippen molar-refractivity contribution in [1.82, 2.24) is 9.55 Å². The number of aromatic amines is 1. The topological polar surface area (TPSA) is 112 Å². The number of methoxy groups -OCH3 is 1. The highest BCUT2D eigenvalue weighted by Crippen LogP contribution is 2.42. The Bertz CT molecular complexity index is 1600. The molecule has 2 heterocycles. The van der Waals surface area contributed by atoms with Gasteiger partial charge in [-0.1, -0.05) is 67.9 Å². The highest BCUT2D eigenvalue weighted by molar-refractivity contribution is 5.49. The summed E-state index contributed by atoms with van der Waals surface area (Å²) in [7, 11) is 1.62. The molecule has 0 aliphatic carbocycles. The van der Waals surface area contributed by atoms with Crippen LogP contribution in [0.25, 0.3) is 0 Å². The average Bonchev–Trinajstić information content (AvgIpc) is 3.40. The fraction of sp³-hybridized carbons (Fsp3) is 0.353. The van der Waals surface area contributed by atoms with E-state index in [0.717, 1.165) is 35.3 Å². The molecule has 1 unspecified atom stereocenters. The summed E-state index contributed by atoms with van der Waals surface area (Å²) in [6.07, 6.45) is 1.26. The molecule has 0 radical (unpaired) electrons. The third-order valence-electron chi connectivity index (χ3n) is 7.83. The van der Waals surface area contributed by atoms with E-state index in [1.807, 2.05) is 78.9 Å². The molecule has 0 spiro atoms. The zero-order valence-electron chi connectivity index (χ0n) is 24.7. The summed E-state index contributed by atoms with van der Waals surface area (Å²) >= 11 is 0. The van der Waals surface area contributed by atoms with Crippen molar-refractivity contribution in [3.05, 3.63) is 128 Å². The van der Waals surface area contributed by atoms with E-state index in [4.69, 9.17) is 18.9 Å². The lowest BCUT2D eigenvalue weighted by molar-refractivity contribution is -0.0944. The normalized spacial score (nSPS) is 19.6. The van der Waals surface area contributed by atoms with Gasteiger partial charge >= 0.3 is 5.69 Å². The van der Waals surface area contributed by atoms with Crippen LogP contribution in [0.2, 0.25) is 0 Å². The van der Waals surface area contributed by atoms with E-state index in [-0.39, 0.29) is 13.0 Å². The van der Waals surface area contributed by atoms with Crippen molar-refractivity contribution >= 4 is 0 Å². The van der Waals surface area contributed by atoms with Gasteiger partial charge < -0.3 is 24.1 Å². The largest absolute Gasteiger partial charge is 0.497 e. The van der Waals surface area contributed by atoms with Crippen molar-refractivity contribution in [3.63, 3.8) is 0 Å². The Balaban J connectivity index is 1.51. The smallest absolute Gasteiger partial charge is 0.330 e. The molecular formula is C34H38N2O7. The van der Waals surface area contributed by atoms with E-state index in [2.05, 4.69) is 11.9 Å². The first-order valence-electron chi connectivity index (χ1n) is 14.6. The Kier molecular flexibility index (Phi) is 9.45. The Hall–Kier alpha value is -4.18. The van der Waals surface area contributed by atoms with E-state index in [1.54, 1.807) is 14.0 Å². The lowest BCUT2D eigenvalue weighted by Gasteiger charge is -2.37. The van der Waals surface area contributed by atoms with Crippen LogP contribution in [0.15, 0.2) is 94.6 Å². The summed E-state index contributed by atoms with van der Waals surface area (Å²) in [5, 5.41) is 11.0. The van der Waals surface area contributed by atoms with E-state index in [9.17, 15) is 14.7 Å². The van der Waals surface area contributed by atoms with Crippen LogP contribution in [0, 0.1) is 6.92 Å². The Morgan fingerprint density at radius 3 is 2.21 bits per heavy atom. The van der Waals surface area contributed by atoms with E-state index >= 15 is 0 Å². The van der Waals surface area contributed by atoms with Crippen LogP contribution in [-0.2, 0) is 15.1 Å². The molecule has 1 fully saturated rings. The van der Waals surface area contributed by atoms with Crippen LogP contribution in [-0.4, -0.2) is 47.2 Å². The number of hydrogen-bond acceptors (Lipinski definition) is 7. The number of rotatable bonds is 12. The number of hydrogen-bond donors (Lipinski definition) is 2. The predicted molar refractivity (Wildman–Crippen MR) is 163 cm³/mol. The minimum absolute atomic E-state index is 0.0183. The van der Waals surface area contributed by atoms with E-state index in [1.165, 1.54) is 10.8 Å². The van der Waals surface area contributed by atoms with Crippen molar-refractivity contribution in [1.29, 1.82) is 0 Å². The number of aryl methyl sites for hydroxylation is 1. The van der Waals surface area contributed by atoms with Gasteiger partial charge in [0, 0.05) is 18.2 Å². The third kappa shape index (κ3) is 6.44. The highest BCUT2D eigenvalue weighted by Gasteiger charge is 2.42. The molecular weight excluding hydrogens is 548 g/mol. The Labute approximate surface area is 250 Å². The zero-order chi connectivity index (χ0) is 30.4. The number of aliphatic hydroxyl groups excluding tert-OH is 1. The fourth-order valence-electron chi connectivity index (χ4n) is 5.41. The number of aromatic nitrogens is 2. The van der Waals surface area contributed by atoms with E-state index in [0.29, 0.717) is 17.9 Å². The average molecular weight is 587 g/mol. The molecule has 3 aromatic carbocycles. The Morgan fingerprint density at radius 2 is 1.58 bits per heavy atom. The standard InChI is InChI=1S/C34H38N2O7/c1-4-5-19-41-28-17-13-26(14-18-28)34(24-9-7-6-8-10-24,25-11-15-27(40-3)16-12-25)42-22-30-29(37)20-31(43-30)36-21-23(2)32(38)35-33(36)39/h6-18,21,29-31,37H,4-5,19-20,22H2,1-3H3,(H,35,38,39)/t29-,30+,31+,34?/m0/s1. The first-order chi connectivity index (χ1) is 20.8. The summed E-state index contributed by atoms with van der Waals surface area (Å²) in [6, 6.07) is 25.5. The van der Waals surface area contributed by atoms with Crippen molar-refractivity contribution < 1.29 is 24.1 Å². The lowest BCUT2D eigenvalue weighted by Crippen LogP contribution is -2.38. The van der Waals surface area contributed by atoms with Gasteiger partial charge in [-0.15, -0.1) is 0 Å². The number of aliphatic hydroxyl groups is 1. The number of nitrogens with zero attached hydrogens (tertiary/aromatic N) is 1. The molecule has 4 aromatic rings. The van der Waals surface area contributed by atoms with Crippen molar-refractivity contribution in [2.24, 2.45) is 0 Å². The van der Waals surface area contributed by atoms with Gasteiger partial charge in [-0.05, 0) is 54.3 Å². The maximum Gasteiger partial charge on any atom is 0.330 e. The molecule has 0 amide bonds. The SMILES string of the molecule is CCCCOc1ccc(C(OC[C@H]2O[C@@H](n3cc(C)c(=O)[nH]c3=O)C[C@@H]2O)(c2ccccc2)c2ccc(OC)cc2)cc1. The molecule has 0 bridgehead atoms. The van der Waals surface area contributed by atoms with Crippen LogP contribution in [0.3, 0.4) is 0 Å². The second-order valence-corrected chi connectivity index (χ2v) is 10.7. The minimum atomic E-state index is -1.08. The maximum atomic E-state index is 12.5. The summed E-state index contributed by atoms with van der Waals surface area (Å²) in [5.74, 6) is 1.48. The van der Waals surface area contributed by atoms with Crippen molar-refractivity contribution in [2.75, 3.05) is 20.3 Å². The molecule has 2 N–H and O–H groups in total. The molecule has 0 saturated carbocycles. The number of H-pyrrole nitrogens is 1. The second kappa shape index (κ2) is 13.4. The summed E-state index contributed by atoms with van der Waals surface area (Å²) < 4.78 is 25.7. The number of nitrogens with one attached hydrogen (secondary N) is 1. The quantitative estimate of drug-likeness (QED) is 0.183. The third-order valence-corrected chi connectivity index (χ3v) is 7.83. The molecule has 1 saturated heterocycles. The molecule has 1 aromatic heterocycles. The van der Waals surface area contributed by atoms with Gasteiger partial charge in [-0.2, -0.15) is 0 Å².